The van der Waals surface area contributed by atoms with E-state index in [0.717, 1.165) is 24.9 Å². The number of benzene rings is 1. The summed E-state index contributed by atoms with van der Waals surface area (Å²) >= 11 is 0. The monoisotopic (exact) mass is 340 g/mol. The van der Waals surface area contributed by atoms with E-state index in [0.29, 0.717) is 18.8 Å². The molecule has 23 heavy (non-hydrogen) atoms. The number of hydrogen-bond donors (Lipinski definition) is 2. The van der Waals surface area contributed by atoms with E-state index >= 15 is 0 Å². The highest BCUT2D eigenvalue weighted by molar-refractivity contribution is 5.85. The molecule has 130 valence electrons. The number of aliphatic hydroxyl groups is 1. The molecule has 0 spiro atoms. The number of nitrogens with two attached hydrogens (primary N) is 1. The molecule has 1 aromatic rings. The van der Waals surface area contributed by atoms with Crippen molar-refractivity contribution >= 4 is 18.3 Å². The lowest BCUT2D eigenvalue weighted by molar-refractivity contribution is -0.134. The number of halogens is 1. The average Bonchev–Trinajstić information content (AvgIpc) is 2.94. The smallest absolute Gasteiger partial charge is 0.239 e. The van der Waals surface area contributed by atoms with Gasteiger partial charge in [0.15, 0.2) is 0 Å². The van der Waals surface area contributed by atoms with Crippen molar-refractivity contribution in [2.24, 2.45) is 11.7 Å². The van der Waals surface area contributed by atoms with Gasteiger partial charge in [-0.05, 0) is 37.2 Å². The molecule has 1 aliphatic heterocycles. The molecule has 0 aliphatic carbocycles. The van der Waals surface area contributed by atoms with E-state index in [-0.39, 0.29) is 24.4 Å². The van der Waals surface area contributed by atoms with E-state index in [1.54, 1.807) is 0 Å². The maximum absolute atomic E-state index is 12.5. The summed E-state index contributed by atoms with van der Waals surface area (Å²) in [5.41, 5.74) is 6.96. The molecule has 3 unspecified atom stereocenters. The summed E-state index contributed by atoms with van der Waals surface area (Å²) in [5, 5.41) is 10.4. The molecule has 5 heteroatoms. The van der Waals surface area contributed by atoms with Crippen LogP contribution in [-0.2, 0) is 4.79 Å². The predicted octanol–water partition coefficient (Wildman–Crippen LogP) is 2.90. The van der Waals surface area contributed by atoms with Gasteiger partial charge in [0.1, 0.15) is 0 Å². The number of hydrogen-bond acceptors (Lipinski definition) is 3. The number of carbonyl (C=O) groups excluding carboxylic acids is 1. The number of nitrogens with zero attached hydrogens (tertiary/aromatic N) is 1. The summed E-state index contributed by atoms with van der Waals surface area (Å²) in [6.07, 6.45) is 2.71. The quantitative estimate of drug-likeness (QED) is 0.836. The van der Waals surface area contributed by atoms with Gasteiger partial charge in [0.2, 0.25) is 5.91 Å². The SMILES string of the molecule is CC(C)CC(N)C(=O)N1CCCC1CC(O)c1ccccc1.Cl. The van der Waals surface area contributed by atoms with E-state index < -0.39 is 12.1 Å². The van der Waals surface area contributed by atoms with Gasteiger partial charge in [0.05, 0.1) is 12.1 Å². The van der Waals surface area contributed by atoms with Crippen molar-refractivity contribution in [2.45, 2.75) is 57.7 Å². The minimum atomic E-state index is -0.527. The Morgan fingerprint density at radius 3 is 2.61 bits per heavy atom. The lowest BCUT2D eigenvalue weighted by Gasteiger charge is -2.29. The molecule has 1 amide bonds. The highest BCUT2D eigenvalue weighted by Crippen LogP contribution is 2.28. The van der Waals surface area contributed by atoms with E-state index in [2.05, 4.69) is 13.8 Å². The Hall–Kier alpha value is -1.10. The van der Waals surface area contributed by atoms with Gasteiger partial charge in [-0.3, -0.25) is 4.79 Å². The van der Waals surface area contributed by atoms with Gasteiger partial charge < -0.3 is 15.7 Å². The molecule has 0 radical (unpaired) electrons. The highest BCUT2D eigenvalue weighted by Gasteiger charge is 2.33. The molecule has 0 bridgehead atoms. The predicted molar refractivity (Wildman–Crippen MR) is 95.4 cm³/mol. The van der Waals surface area contributed by atoms with Crippen molar-refractivity contribution < 1.29 is 9.90 Å². The summed E-state index contributed by atoms with van der Waals surface area (Å²) in [7, 11) is 0. The normalized spacial score (nSPS) is 20.2. The van der Waals surface area contributed by atoms with Crippen LogP contribution < -0.4 is 5.73 Å². The van der Waals surface area contributed by atoms with Crippen LogP contribution in [0.2, 0.25) is 0 Å². The molecule has 4 nitrogen and oxygen atoms in total. The minimum absolute atomic E-state index is 0. The zero-order valence-electron chi connectivity index (χ0n) is 14.0. The molecule has 0 aromatic heterocycles. The molecule has 1 aliphatic rings. The minimum Gasteiger partial charge on any atom is -0.388 e. The number of rotatable bonds is 6. The second kappa shape index (κ2) is 9.26. The Bertz CT molecular complexity index is 481. The zero-order chi connectivity index (χ0) is 16.1. The van der Waals surface area contributed by atoms with Gasteiger partial charge in [0, 0.05) is 12.6 Å². The first-order chi connectivity index (χ1) is 10.5. The van der Waals surface area contributed by atoms with Crippen LogP contribution >= 0.6 is 12.4 Å². The molecule has 3 atom stereocenters. The second-order valence-electron chi connectivity index (χ2n) is 6.73. The van der Waals surface area contributed by atoms with Crippen molar-refractivity contribution in [3.8, 4) is 0 Å². The summed E-state index contributed by atoms with van der Waals surface area (Å²) < 4.78 is 0. The van der Waals surface area contributed by atoms with E-state index in [1.807, 2.05) is 35.2 Å². The summed E-state index contributed by atoms with van der Waals surface area (Å²) in [6.45, 7) is 4.92. The van der Waals surface area contributed by atoms with E-state index in [1.165, 1.54) is 0 Å². The molecule has 3 N–H and O–H groups in total. The molecule has 1 saturated heterocycles. The van der Waals surface area contributed by atoms with Crippen LogP contribution in [-0.4, -0.2) is 34.5 Å². The van der Waals surface area contributed by atoms with Crippen LogP contribution in [0, 0.1) is 5.92 Å². The molecular formula is C18H29ClN2O2. The standard InChI is InChI=1S/C18H28N2O2.ClH/c1-13(2)11-16(19)18(22)20-10-6-9-15(20)12-17(21)14-7-4-3-5-8-14;/h3-5,7-8,13,15-17,21H,6,9-12,19H2,1-2H3;1H. The van der Waals surface area contributed by atoms with Crippen molar-refractivity contribution in [1.29, 1.82) is 0 Å². The Balaban J connectivity index is 0.00000264. The first kappa shape index (κ1) is 19.9. The van der Waals surface area contributed by atoms with Gasteiger partial charge >= 0.3 is 0 Å². The Morgan fingerprint density at radius 1 is 1.35 bits per heavy atom. The van der Waals surface area contributed by atoms with Crippen molar-refractivity contribution in [2.75, 3.05) is 6.54 Å². The summed E-state index contributed by atoms with van der Waals surface area (Å²) in [5.74, 6) is 0.450. The summed E-state index contributed by atoms with van der Waals surface area (Å²) in [4.78, 5) is 14.4. The Morgan fingerprint density at radius 2 is 2.00 bits per heavy atom. The second-order valence-corrected chi connectivity index (χ2v) is 6.73. The fourth-order valence-corrected chi connectivity index (χ4v) is 3.26. The lowest BCUT2D eigenvalue weighted by Crippen LogP contribution is -2.46. The van der Waals surface area contributed by atoms with Crippen molar-refractivity contribution in [3.05, 3.63) is 35.9 Å². The maximum Gasteiger partial charge on any atom is 0.239 e. The maximum atomic E-state index is 12.5. The van der Waals surface area contributed by atoms with Gasteiger partial charge in [-0.1, -0.05) is 44.2 Å². The molecular weight excluding hydrogens is 312 g/mol. The van der Waals surface area contributed by atoms with Crippen LogP contribution in [0.3, 0.4) is 0 Å². The van der Waals surface area contributed by atoms with Crippen LogP contribution in [0.15, 0.2) is 30.3 Å². The van der Waals surface area contributed by atoms with Crippen molar-refractivity contribution in [1.82, 2.24) is 4.90 Å². The topological polar surface area (TPSA) is 66.6 Å². The Labute approximate surface area is 145 Å². The molecule has 2 rings (SSSR count). The molecule has 1 heterocycles. The first-order valence-corrected chi connectivity index (χ1v) is 8.28. The largest absolute Gasteiger partial charge is 0.388 e. The fraction of sp³-hybridized carbons (Fsp3) is 0.611. The van der Waals surface area contributed by atoms with Gasteiger partial charge in [-0.2, -0.15) is 0 Å². The van der Waals surface area contributed by atoms with Crippen LogP contribution in [0.1, 0.15) is 51.2 Å². The lowest BCUT2D eigenvalue weighted by atomic mass is 9.99. The van der Waals surface area contributed by atoms with Crippen LogP contribution in [0.5, 0.6) is 0 Å². The first-order valence-electron chi connectivity index (χ1n) is 8.28. The zero-order valence-corrected chi connectivity index (χ0v) is 14.8. The fourth-order valence-electron chi connectivity index (χ4n) is 3.26. The third-order valence-corrected chi connectivity index (χ3v) is 4.38. The third-order valence-electron chi connectivity index (χ3n) is 4.38. The van der Waals surface area contributed by atoms with Gasteiger partial charge in [-0.15, -0.1) is 12.4 Å². The number of aliphatic hydroxyl groups excluding tert-OH is 1. The van der Waals surface area contributed by atoms with Crippen LogP contribution in [0.4, 0.5) is 0 Å². The average molecular weight is 341 g/mol. The van der Waals surface area contributed by atoms with Crippen molar-refractivity contribution in [3.63, 3.8) is 0 Å². The molecule has 0 saturated carbocycles. The number of amides is 1. The summed E-state index contributed by atoms with van der Waals surface area (Å²) in [6, 6.07) is 9.32. The number of carbonyl (C=O) groups is 1. The molecule has 1 aromatic carbocycles. The molecule has 1 fully saturated rings. The highest BCUT2D eigenvalue weighted by atomic mass is 35.5. The van der Waals surface area contributed by atoms with Gasteiger partial charge in [0.25, 0.3) is 0 Å². The third kappa shape index (κ3) is 5.48. The Kier molecular flexibility index (Phi) is 8.03. The van der Waals surface area contributed by atoms with Gasteiger partial charge in [-0.25, -0.2) is 0 Å². The number of likely N-dealkylation sites (tertiary alicyclic amines) is 1. The van der Waals surface area contributed by atoms with E-state index in [4.69, 9.17) is 5.73 Å². The van der Waals surface area contributed by atoms with Crippen LogP contribution in [0.25, 0.3) is 0 Å². The van der Waals surface area contributed by atoms with E-state index in [9.17, 15) is 9.90 Å².